The summed E-state index contributed by atoms with van der Waals surface area (Å²) in [5.41, 5.74) is 0.983. The summed E-state index contributed by atoms with van der Waals surface area (Å²) in [6, 6.07) is 9.88. The monoisotopic (exact) mass is 414 g/mol. The van der Waals surface area contributed by atoms with Crippen molar-refractivity contribution in [2.24, 2.45) is 0 Å². The zero-order chi connectivity index (χ0) is 20.8. The number of para-hydroxylation sites is 1. The molecule has 2 atom stereocenters. The first-order valence-corrected chi connectivity index (χ1v) is 10.7. The van der Waals surface area contributed by atoms with Crippen LogP contribution >= 0.6 is 11.3 Å². The van der Waals surface area contributed by atoms with Gasteiger partial charge in [0, 0.05) is 12.5 Å². The second-order valence-corrected chi connectivity index (χ2v) is 8.08. The van der Waals surface area contributed by atoms with Gasteiger partial charge in [0.25, 0.3) is 5.91 Å². The van der Waals surface area contributed by atoms with Gasteiger partial charge in [-0.15, -0.1) is 11.3 Å². The largest absolute Gasteiger partial charge is 0.453 e. The fraction of sp³-hybridized carbons (Fsp3) is 0.429. The van der Waals surface area contributed by atoms with E-state index in [1.165, 1.54) is 0 Å². The maximum absolute atomic E-state index is 12.4. The van der Waals surface area contributed by atoms with E-state index in [1.54, 1.807) is 35.2 Å². The Labute approximate surface area is 174 Å². The molecule has 0 radical (unpaired) electrons. The number of anilines is 1. The first-order valence-electron chi connectivity index (χ1n) is 9.86. The van der Waals surface area contributed by atoms with Gasteiger partial charge in [-0.3, -0.25) is 9.59 Å². The molecule has 0 saturated carbocycles. The van der Waals surface area contributed by atoms with Crippen LogP contribution in [0.1, 0.15) is 51.1 Å². The van der Waals surface area contributed by atoms with Crippen molar-refractivity contribution in [1.29, 1.82) is 0 Å². The molecule has 0 saturated heterocycles. The highest BCUT2D eigenvalue weighted by Gasteiger charge is 2.20. The van der Waals surface area contributed by atoms with Gasteiger partial charge >= 0.3 is 5.97 Å². The minimum atomic E-state index is -0.870. The lowest BCUT2D eigenvalue weighted by molar-refractivity contribution is -0.153. The fourth-order valence-electron chi connectivity index (χ4n) is 2.89. The number of hydrogen-bond donors (Lipinski definition) is 1. The van der Waals surface area contributed by atoms with Crippen molar-refractivity contribution >= 4 is 39.2 Å². The molecule has 29 heavy (non-hydrogen) atoms. The van der Waals surface area contributed by atoms with Gasteiger partial charge in [-0.25, -0.2) is 9.67 Å². The van der Waals surface area contributed by atoms with Crippen LogP contribution < -0.4 is 5.32 Å². The third-order valence-corrected chi connectivity index (χ3v) is 5.81. The molecular weight excluding hydrogens is 388 g/mol. The maximum atomic E-state index is 12.4. The first kappa shape index (κ1) is 21.0. The van der Waals surface area contributed by atoms with Gasteiger partial charge in [0.05, 0.1) is 27.5 Å². The molecule has 0 spiro atoms. The lowest BCUT2D eigenvalue weighted by Crippen LogP contribution is -2.31. The highest BCUT2D eigenvalue weighted by atomic mass is 32.1. The molecule has 0 aliphatic carbocycles. The van der Waals surface area contributed by atoms with Crippen LogP contribution in [0.25, 0.3) is 10.2 Å². The van der Waals surface area contributed by atoms with Crippen LogP contribution in [-0.2, 0) is 20.7 Å². The molecule has 0 aliphatic rings. The third-order valence-electron chi connectivity index (χ3n) is 4.72. The van der Waals surface area contributed by atoms with Crippen molar-refractivity contribution in [2.45, 2.75) is 58.6 Å². The van der Waals surface area contributed by atoms with Crippen LogP contribution in [0.5, 0.6) is 0 Å². The van der Waals surface area contributed by atoms with E-state index in [-0.39, 0.29) is 24.3 Å². The van der Waals surface area contributed by atoms with Crippen molar-refractivity contribution in [3.63, 3.8) is 0 Å². The van der Waals surface area contributed by atoms with E-state index in [2.05, 4.69) is 22.3 Å². The number of aryl methyl sites for hydroxylation is 1. The summed E-state index contributed by atoms with van der Waals surface area (Å²) in [6.45, 7) is 5.65. The van der Waals surface area contributed by atoms with Gasteiger partial charge in [-0.1, -0.05) is 19.1 Å². The van der Waals surface area contributed by atoms with Gasteiger partial charge in [-0.05, 0) is 45.2 Å². The van der Waals surface area contributed by atoms with Crippen molar-refractivity contribution in [1.82, 2.24) is 14.8 Å². The summed E-state index contributed by atoms with van der Waals surface area (Å²) in [5.74, 6) is -0.151. The minimum absolute atomic E-state index is 0.167. The molecule has 3 rings (SSSR count). The van der Waals surface area contributed by atoms with Crippen molar-refractivity contribution in [2.75, 3.05) is 5.32 Å². The predicted octanol–water partition coefficient (Wildman–Crippen LogP) is 4.36. The lowest BCUT2D eigenvalue weighted by Gasteiger charge is -2.16. The zero-order valence-corrected chi connectivity index (χ0v) is 17.7. The molecule has 2 aromatic heterocycles. The quantitative estimate of drug-likeness (QED) is 0.526. The lowest BCUT2D eigenvalue weighted by atomic mass is 10.2. The van der Waals surface area contributed by atoms with E-state index < -0.39 is 6.10 Å². The number of esters is 1. The Morgan fingerprint density at radius 1 is 1.24 bits per heavy atom. The fourth-order valence-corrected chi connectivity index (χ4v) is 3.89. The zero-order valence-electron chi connectivity index (χ0n) is 16.9. The normalized spacial score (nSPS) is 13.2. The number of nitrogens with zero attached hydrogens (tertiary/aromatic N) is 3. The van der Waals surface area contributed by atoms with Crippen molar-refractivity contribution in [3.05, 3.63) is 41.5 Å². The van der Waals surface area contributed by atoms with E-state index in [9.17, 15) is 9.59 Å². The summed E-state index contributed by atoms with van der Waals surface area (Å²) in [6.07, 6.45) is 3.25. The average molecular weight is 415 g/mol. The summed E-state index contributed by atoms with van der Waals surface area (Å²) >= 11 is 1.64. The second kappa shape index (κ2) is 9.65. The van der Waals surface area contributed by atoms with Crippen LogP contribution in [0, 0.1) is 0 Å². The number of hydrogen-bond acceptors (Lipinski definition) is 6. The number of carbonyl (C=O) groups is 2. The number of fused-ring (bicyclic) bond motifs is 1. The first-order chi connectivity index (χ1) is 14.0. The number of amides is 1. The predicted molar refractivity (Wildman–Crippen MR) is 114 cm³/mol. The Morgan fingerprint density at radius 3 is 2.79 bits per heavy atom. The summed E-state index contributed by atoms with van der Waals surface area (Å²) in [4.78, 5) is 29.0. The number of thiazole rings is 1. The molecule has 2 heterocycles. The molecule has 0 aliphatic heterocycles. The molecule has 7 nitrogen and oxygen atoms in total. The van der Waals surface area contributed by atoms with Gasteiger partial charge in [0.2, 0.25) is 0 Å². The van der Waals surface area contributed by atoms with E-state index in [0.29, 0.717) is 18.7 Å². The number of carbonyl (C=O) groups excluding carboxylic acids is 2. The Hall–Kier alpha value is -2.74. The molecule has 1 amide bonds. The van der Waals surface area contributed by atoms with E-state index in [1.807, 2.05) is 31.2 Å². The number of ether oxygens (including phenoxy) is 1. The number of aromatic nitrogens is 3. The molecule has 154 valence electrons. The maximum Gasteiger partial charge on any atom is 0.306 e. The molecule has 0 fully saturated rings. The average Bonchev–Trinajstić information content (AvgIpc) is 3.33. The van der Waals surface area contributed by atoms with Crippen LogP contribution in [0.4, 0.5) is 5.82 Å². The molecule has 3 aromatic rings. The Kier molecular flexibility index (Phi) is 6.98. The highest BCUT2D eigenvalue weighted by molar-refractivity contribution is 7.18. The Bertz CT molecular complexity index is 948. The Morgan fingerprint density at radius 2 is 2.03 bits per heavy atom. The topological polar surface area (TPSA) is 86.1 Å². The number of rotatable bonds is 9. The summed E-state index contributed by atoms with van der Waals surface area (Å²) in [7, 11) is 0. The highest BCUT2D eigenvalue weighted by Crippen LogP contribution is 2.23. The third kappa shape index (κ3) is 5.41. The molecule has 0 bridgehead atoms. The Balaban J connectivity index is 1.45. The molecule has 8 heteroatoms. The van der Waals surface area contributed by atoms with E-state index in [4.69, 9.17) is 4.74 Å². The smallest absolute Gasteiger partial charge is 0.306 e. The molecular formula is C21H26N4O3S. The van der Waals surface area contributed by atoms with Crippen LogP contribution in [-0.4, -0.2) is 32.7 Å². The van der Waals surface area contributed by atoms with E-state index >= 15 is 0 Å². The van der Waals surface area contributed by atoms with Gasteiger partial charge in [0.15, 0.2) is 6.10 Å². The standard InChI is InChI=1S/C21H26N4O3S/c1-4-14(2)25-18(12-13-22-25)24-21(27)15(3)28-20(26)11-7-10-19-23-16-8-5-6-9-17(16)29-19/h5-6,8-9,12-15H,4,7,10-11H2,1-3H3,(H,24,27)/t14-,15+/m1/s1. The van der Waals surface area contributed by atoms with Gasteiger partial charge < -0.3 is 10.1 Å². The molecule has 1 aromatic carbocycles. The molecule has 0 unspecified atom stereocenters. The number of nitrogens with one attached hydrogen (secondary N) is 1. The van der Waals surface area contributed by atoms with Crippen LogP contribution in [0.2, 0.25) is 0 Å². The van der Waals surface area contributed by atoms with Crippen molar-refractivity contribution in [3.8, 4) is 0 Å². The summed E-state index contributed by atoms with van der Waals surface area (Å²) < 4.78 is 8.19. The SMILES string of the molecule is CC[C@@H](C)n1nccc1NC(=O)[C@H](C)OC(=O)CCCc1nc2ccccc2s1. The number of benzene rings is 1. The van der Waals surface area contributed by atoms with Crippen molar-refractivity contribution < 1.29 is 14.3 Å². The van der Waals surface area contributed by atoms with Crippen LogP contribution in [0.3, 0.4) is 0 Å². The molecule has 1 N–H and O–H groups in total. The van der Waals surface area contributed by atoms with E-state index in [0.717, 1.165) is 21.6 Å². The summed E-state index contributed by atoms with van der Waals surface area (Å²) in [5, 5.41) is 8.02. The van der Waals surface area contributed by atoms with Gasteiger partial charge in [-0.2, -0.15) is 5.10 Å². The second-order valence-electron chi connectivity index (χ2n) is 6.97. The van der Waals surface area contributed by atoms with Gasteiger partial charge in [0.1, 0.15) is 5.82 Å². The minimum Gasteiger partial charge on any atom is -0.453 e. The van der Waals surface area contributed by atoms with Crippen LogP contribution in [0.15, 0.2) is 36.5 Å².